The van der Waals surface area contributed by atoms with Crippen molar-refractivity contribution < 1.29 is 14.2 Å². The number of ether oxygens (including phenoxy) is 1. The molecule has 1 fully saturated rings. The van der Waals surface area contributed by atoms with Crippen LogP contribution in [0, 0.1) is 5.82 Å². The number of rotatable bonds is 5. The minimum absolute atomic E-state index is 0.0542. The van der Waals surface area contributed by atoms with Gasteiger partial charge in [0.1, 0.15) is 23.1 Å². The van der Waals surface area contributed by atoms with Crippen LogP contribution in [-0.4, -0.2) is 41.3 Å². The van der Waals surface area contributed by atoms with Crippen molar-refractivity contribution in [2.75, 3.05) is 25.5 Å². The molecule has 0 amide bonds. The zero-order valence-electron chi connectivity index (χ0n) is 17.5. The number of methoxy groups -OCH3 is 1. The first-order chi connectivity index (χ1) is 15.6. The topological polar surface area (TPSA) is 79.3 Å². The number of nitrogens with one attached hydrogen (secondary N) is 2. The van der Waals surface area contributed by atoms with Gasteiger partial charge in [-0.15, -0.1) is 0 Å². The number of nitrogens with zero attached hydrogens (tertiary/aromatic N) is 2. The number of hydrogen-bond donors (Lipinski definition) is 3. The van der Waals surface area contributed by atoms with Gasteiger partial charge >= 0.3 is 0 Å². The zero-order valence-corrected chi connectivity index (χ0v) is 17.5. The second-order valence-electron chi connectivity index (χ2n) is 7.83. The minimum atomic E-state index is -0.458. The number of fused-ring (bicyclic) bond motifs is 1. The number of halogens is 1. The zero-order chi connectivity index (χ0) is 22.1. The first-order valence-corrected chi connectivity index (χ1v) is 10.5. The first-order valence-electron chi connectivity index (χ1n) is 10.5. The van der Waals surface area contributed by atoms with Crippen molar-refractivity contribution in [3.05, 3.63) is 78.1 Å². The molecule has 1 aliphatic rings. The third-order valence-corrected chi connectivity index (χ3v) is 5.88. The van der Waals surface area contributed by atoms with Crippen LogP contribution in [0.1, 0.15) is 11.5 Å². The van der Waals surface area contributed by atoms with Crippen molar-refractivity contribution in [1.29, 1.82) is 0 Å². The van der Waals surface area contributed by atoms with Crippen LogP contribution >= 0.6 is 0 Å². The van der Waals surface area contributed by atoms with Crippen LogP contribution in [0.5, 0.6) is 11.5 Å². The van der Waals surface area contributed by atoms with Crippen LogP contribution in [0.25, 0.3) is 22.3 Å². The molecule has 0 aliphatic carbocycles. The van der Waals surface area contributed by atoms with Crippen molar-refractivity contribution in [1.82, 2.24) is 15.3 Å². The molecule has 2 atom stereocenters. The second kappa shape index (κ2) is 8.43. The molecule has 0 radical (unpaired) electrons. The summed E-state index contributed by atoms with van der Waals surface area (Å²) in [6, 6.07) is 19.5. The molecule has 1 aliphatic heterocycles. The predicted octanol–water partition coefficient (Wildman–Crippen LogP) is 4.32. The van der Waals surface area contributed by atoms with E-state index in [4.69, 9.17) is 9.72 Å². The molecule has 6 nitrogen and oxygen atoms in total. The molecule has 0 bridgehead atoms. The lowest BCUT2D eigenvalue weighted by Crippen LogP contribution is -2.28. The summed E-state index contributed by atoms with van der Waals surface area (Å²) in [6.45, 7) is 1.56. The van der Waals surface area contributed by atoms with Gasteiger partial charge in [-0.25, -0.2) is 14.4 Å². The van der Waals surface area contributed by atoms with Crippen molar-refractivity contribution in [3.63, 3.8) is 0 Å². The van der Waals surface area contributed by atoms with Crippen LogP contribution < -0.4 is 15.4 Å². The monoisotopic (exact) mass is 430 g/mol. The maximum Gasteiger partial charge on any atom is 0.165 e. The summed E-state index contributed by atoms with van der Waals surface area (Å²) in [4.78, 5) is 9.27. The van der Waals surface area contributed by atoms with E-state index in [9.17, 15) is 9.50 Å². The number of phenols is 1. The van der Waals surface area contributed by atoms with Crippen molar-refractivity contribution in [2.45, 2.75) is 12.0 Å². The van der Waals surface area contributed by atoms with Gasteiger partial charge in [-0.2, -0.15) is 0 Å². The van der Waals surface area contributed by atoms with Gasteiger partial charge in [-0.05, 0) is 36.4 Å². The molecule has 3 aromatic carbocycles. The van der Waals surface area contributed by atoms with E-state index in [-0.39, 0.29) is 29.1 Å². The second-order valence-corrected chi connectivity index (χ2v) is 7.83. The normalized spacial score (nSPS) is 18.1. The molecule has 32 heavy (non-hydrogen) atoms. The molecule has 3 N–H and O–H groups in total. The quantitative estimate of drug-likeness (QED) is 0.438. The summed E-state index contributed by atoms with van der Waals surface area (Å²) in [5, 5.41) is 18.2. The van der Waals surface area contributed by atoms with Crippen LogP contribution in [0.2, 0.25) is 0 Å². The van der Waals surface area contributed by atoms with Crippen LogP contribution in [0.3, 0.4) is 0 Å². The van der Waals surface area contributed by atoms with Crippen LogP contribution in [-0.2, 0) is 0 Å². The summed E-state index contributed by atoms with van der Waals surface area (Å²) in [5.41, 5.74) is 2.09. The van der Waals surface area contributed by atoms with E-state index in [1.165, 1.54) is 18.2 Å². The number of anilines is 1. The van der Waals surface area contributed by atoms with Gasteiger partial charge < -0.3 is 20.5 Å². The molecule has 1 aromatic heterocycles. The summed E-state index contributed by atoms with van der Waals surface area (Å²) >= 11 is 0. The molecule has 162 valence electrons. The fourth-order valence-electron chi connectivity index (χ4n) is 4.30. The van der Waals surface area contributed by atoms with E-state index in [1.54, 1.807) is 7.11 Å². The molecule has 0 saturated carbocycles. The number of aromatic nitrogens is 2. The minimum Gasteiger partial charge on any atom is -0.507 e. The van der Waals surface area contributed by atoms with Crippen LogP contribution in [0.15, 0.2) is 66.7 Å². The maximum absolute atomic E-state index is 13.9. The smallest absolute Gasteiger partial charge is 0.165 e. The standard InChI is InChI=1S/C25H23FN4O2/c1-32-23-9-5-3-6-16(23)19-13-27-14-21(19)29-24-17-7-2-4-8-20(17)28-25(30-24)18-12-15(26)10-11-22(18)31/h2-12,19,21,27,31H,13-14H2,1H3,(H,28,29,30)/t19-,21?/m0/s1. The van der Waals surface area contributed by atoms with Gasteiger partial charge in [0.15, 0.2) is 5.82 Å². The van der Waals surface area contributed by atoms with E-state index in [0.717, 1.165) is 29.8 Å². The van der Waals surface area contributed by atoms with E-state index >= 15 is 0 Å². The van der Waals surface area contributed by atoms with Crippen molar-refractivity contribution in [3.8, 4) is 22.9 Å². The Balaban J connectivity index is 1.57. The van der Waals surface area contributed by atoms with Crippen LogP contribution in [0.4, 0.5) is 10.2 Å². The number of hydrogen-bond acceptors (Lipinski definition) is 6. The molecule has 5 rings (SSSR count). The Hall–Kier alpha value is -3.71. The van der Waals surface area contributed by atoms with E-state index in [0.29, 0.717) is 11.3 Å². The van der Waals surface area contributed by atoms with Crippen molar-refractivity contribution in [2.24, 2.45) is 0 Å². The molecule has 2 heterocycles. The molecule has 0 spiro atoms. The number of para-hydroxylation sites is 2. The highest BCUT2D eigenvalue weighted by Crippen LogP contribution is 2.35. The van der Waals surface area contributed by atoms with Gasteiger partial charge in [0.2, 0.25) is 0 Å². The fraction of sp³-hybridized carbons (Fsp3) is 0.200. The molecule has 4 aromatic rings. The molecular formula is C25H23FN4O2. The summed E-state index contributed by atoms with van der Waals surface area (Å²) in [5.74, 6) is 1.41. The molecule has 1 saturated heterocycles. The van der Waals surface area contributed by atoms with E-state index < -0.39 is 5.82 Å². The lowest BCUT2D eigenvalue weighted by Gasteiger charge is -2.23. The third kappa shape index (κ3) is 3.71. The average Bonchev–Trinajstić information content (AvgIpc) is 3.28. The largest absolute Gasteiger partial charge is 0.507 e. The Morgan fingerprint density at radius 3 is 2.72 bits per heavy atom. The molecular weight excluding hydrogens is 407 g/mol. The lowest BCUT2D eigenvalue weighted by atomic mass is 9.93. The highest BCUT2D eigenvalue weighted by Gasteiger charge is 2.31. The van der Waals surface area contributed by atoms with E-state index in [1.807, 2.05) is 42.5 Å². The third-order valence-electron chi connectivity index (χ3n) is 5.88. The van der Waals surface area contributed by atoms with Gasteiger partial charge in [-0.3, -0.25) is 0 Å². The predicted molar refractivity (Wildman–Crippen MR) is 123 cm³/mol. The number of benzene rings is 3. The average molecular weight is 430 g/mol. The summed E-state index contributed by atoms with van der Waals surface area (Å²) in [7, 11) is 1.68. The Labute approximate surface area is 185 Å². The highest BCUT2D eigenvalue weighted by molar-refractivity contribution is 5.91. The van der Waals surface area contributed by atoms with Crippen molar-refractivity contribution >= 4 is 16.7 Å². The number of phenolic OH excluding ortho intramolecular Hbond substituents is 1. The Morgan fingerprint density at radius 1 is 1.03 bits per heavy atom. The highest BCUT2D eigenvalue weighted by atomic mass is 19.1. The SMILES string of the molecule is COc1ccccc1[C@@H]1CNCC1Nc1nc(-c2cc(F)ccc2O)nc2ccccc12. The Bertz CT molecular complexity index is 1280. The van der Waals surface area contributed by atoms with Gasteiger partial charge in [0.25, 0.3) is 0 Å². The maximum atomic E-state index is 13.9. The lowest BCUT2D eigenvalue weighted by molar-refractivity contribution is 0.405. The van der Waals surface area contributed by atoms with Gasteiger partial charge in [0, 0.05) is 36.0 Å². The van der Waals surface area contributed by atoms with Gasteiger partial charge in [0.05, 0.1) is 18.2 Å². The first kappa shape index (κ1) is 20.2. The fourth-order valence-corrected chi connectivity index (χ4v) is 4.30. The van der Waals surface area contributed by atoms with E-state index in [2.05, 4.69) is 21.7 Å². The summed E-state index contributed by atoms with van der Waals surface area (Å²) in [6.07, 6.45) is 0. The number of aromatic hydroxyl groups is 1. The molecule has 1 unspecified atom stereocenters. The van der Waals surface area contributed by atoms with Gasteiger partial charge in [-0.1, -0.05) is 30.3 Å². The Kier molecular flexibility index (Phi) is 5.33. The molecule has 7 heteroatoms. The summed E-state index contributed by atoms with van der Waals surface area (Å²) < 4.78 is 19.5. The Morgan fingerprint density at radius 2 is 1.84 bits per heavy atom.